The minimum absolute atomic E-state index is 0.0126. The Balaban J connectivity index is 1.57. The van der Waals surface area contributed by atoms with Crippen molar-refractivity contribution in [1.29, 1.82) is 0 Å². The van der Waals surface area contributed by atoms with Crippen LogP contribution in [0.4, 0.5) is 0 Å². The van der Waals surface area contributed by atoms with Crippen molar-refractivity contribution in [1.82, 2.24) is 4.90 Å². The van der Waals surface area contributed by atoms with E-state index in [2.05, 4.69) is 6.07 Å². The summed E-state index contributed by atoms with van der Waals surface area (Å²) >= 11 is 0. The van der Waals surface area contributed by atoms with E-state index < -0.39 is 5.60 Å². The number of hydrogen-bond donors (Lipinski definition) is 0. The van der Waals surface area contributed by atoms with Crippen molar-refractivity contribution >= 4 is 11.7 Å². The van der Waals surface area contributed by atoms with Crippen molar-refractivity contribution in [2.45, 2.75) is 32.3 Å². The molecular formula is C21H21NO3. The minimum atomic E-state index is -0.583. The van der Waals surface area contributed by atoms with Gasteiger partial charge >= 0.3 is 0 Å². The summed E-state index contributed by atoms with van der Waals surface area (Å²) in [4.78, 5) is 27.2. The fraction of sp³-hybridized carbons (Fsp3) is 0.333. The molecule has 2 aromatic rings. The summed E-state index contributed by atoms with van der Waals surface area (Å²) in [5, 5.41) is 0. The molecule has 2 aromatic carbocycles. The molecule has 1 spiro atoms. The van der Waals surface area contributed by atoms with Crippen molar-refractivity contribution in [3.05, 3.63) is 64.7 Å². The van der Waals surface area contributed by atoms with Crippen LogP contribution >= 0.6 is 0 Å². The van der Waals surface area contributed by atoms with Crippen LogP contribution in [0.25, 0.3) is 0 Å². The first kappa shape index (κ1) is 15.9. The first-order valence-corrected chi connectivity index (χ1v) is 8.65. The zero-order valence-corrected chi connectivity index (χ0v) is 14.5. The molecular weight excluding hydrogens is 314 g/mol. The topological polar surface area (TPSA) is 46.6 Å². The molecule has 4 heteroatoms. The number of Topliss-reactive ketones (excluding diaryl/α,β-unsaturated/α-hetero) is 1. The van der Waals surface area contributed by atoms with Crippen LogP contribution in [0.3, 0.4) is 0 Å². The fourth-order valence-electron chi connectivity index (χ4n) is 3.97. The van der Waals surface area contributed by atoms with Gasteiger partial charge < -0.3 is 9.64 Å². The van der Waals surface area contributed by atoms with Gasteiger partial charge in [-0.3, -0.25) is 9.59 Å². The van der Waals surface area contributed by atoms with Crippen molar-refractivity contribution in [2.75, 3.05) is 13.1 Å². The maximum absolute atomic E-state index is 12.9. The summed E-state index contributed by atoms with van der Waals surface area (Å²) in [6.07, 6.45) is 1.02. The molecule has 0 bridgehead atoms. The predicted octanol–water partition coefficient (Wildman–Crippen LogP) is 3.55. The molecule has 2 aliphatic heterocycles. The number of aryl methyl sites for hydroxylation is 2. The molecule has 0 radical (unpaired) electrons. The maximum Gasteiger partial charge on any atom is 0.254 e. The molecule has 25 heavy (non-hydrogen) atoms. The second kappa shape index (κ2) is 5.73. The Bertz CT molecular complexity index is 853. The van der Waals surface area contributed by atoms with E-state index in [1.165, 1.54) is 0 Å². The molecule has 0 saturated carbocycles. The van der Waals surface area contributed by atoms with Gasteiger partial charge in [0.2, 0.25) is 0 Å². The Morgan fingerprint density at radius 2 is 1.84 bits per heavy atom. The first-order chi connectivity index (χ1) is 12.0. The van der Waals surface area contributed by atoms with E-state index in [1.807, 2.05) is 49.1 Å². The number of carbonyl (C=O) groups is 2. The first-order valence-electron chi connectivity index (χ1n) is 8.65. The number of likely N-dealkylation sites (tertiary alicyclic amines) is 1. The van der Waals surface area contributed by atoms with Gasteiger partial charge in [-0.1, -0.05) is 29.3 Å². The van der Waals surface area contributed by atoms with Crippen molar-refractivity contribution in [3.8, 4) is 5.75 Å². The normalized spacial score (nSPS) is 22.0. The molecule has 1 fully saturated rings. The number of amides is 1. The Morgan fingerprint density at radius 1 is 1.12 bits per heavy atom. The average molecular weight is 335 g/mol. The molecule has 4 nitrogen and oxygen atoms in total. The van der Waals surface area contributed by atoms with E-state index >= 15 is 0 Å². The highest BCUT2D eigenvalue weighted by Crippen LogP contribution is 2.38. The number of ketones is 1. The average Bonchev–Trinajstić information content (AvgIpc) is 2.96. The summed E-state index contributed by atoms with van der Waals surface area (Å²) in [6.45, 7) is 5.06. The molecule has 0 aliphatic carbocycles. The van der Waals surface area contributed by atoms with Gasteiger partial charge in [0.05, 0.1) is 18.5 Å². The number of benzene rings is 2. The van der Waals surface area contributed by atoms with Gasteiger partial charge in [-0.2, -0.15) is 0 Å². The van der Waals surface area contributed by atoms with Gasteiger partial charge in [0.25, 0.3) is 5.91 Å². The maximum atomic E-state index is 12.9. The van der Waals surface area contributed by atoms with Gasteiger partial charge in [-0.05, 0) is 38.1 Å². The number of carbonyl (C=O) groups excluding carboxylic acids is 2. The third kappa shape index (κ3) is 2.82. The van der Waals surface area contributed by atoms with E-state index in [1.54, 1.807) is 6.07 Å². The Morgan fingerprint density at radius 3 is 2.60 bits per heavy atom. The predicted molar refractivity (Wildman–Crippen MR) is 95.2 cm³/mol. The van der Waals surface area contributed by atoms with Gasteiger partial charge in [0.15, 0.2) is 5.78 Å². The molecule has 128 valence electrons. The van der Waals surface area contributed by atoms with Crippen molar-refractivity contribution < 1.29 is 14.3 Å². The van der Waals surface area contributed by atoms with Crippen LogP contribution in [0.15, 0.2) is 42.5 Å². The molecule has 2 heterocycles. The molecule has 2 aliphatic rings. The Labute approximate surface area is 147 Å². The number of para-hydroxylation sites is 1. The second-order valence-corrected chi connectivity index (χ2v) is 7.23. The van der Waals surface area contributed by atoms with Gasteiger partial charge in [-0.25, -0.2) is 0 Å². The summed E-state index contributed by atoms with van der Waals surface area (Å²) < 4.78 is 6.20. The monoisotopic (exact) mass is 335 g/mol. The lowest BCUT2D eigenvalue weighted by Crippen LogP contribution is -2.45. The number of hydrogen-bond acceptors (Lipinski definition) is 3. The van der Waals surface area contributed by atoms with Crippen LogP contribution in [-0.4, -0.2) is 35.3 Å². The minimum Gasteiger partial charge on any atom is -0.484 e. The lowest BCUT2D eigenvalue weighted by Gasteiger charge is -2.34. The van der Waals surface area contributed by atoms with E-state index in [0.29, 0.717) is 42.8 Å². The molecule has 0 N–H and O–H groups in total. The molecule has 1 saturated heterocycles. The number of nitrogens with zero attached hydrogens (tertiary/aromatic N) is 1. The van der Waals surface area contributed by atoms with Gasteiger partial charge in [0.1, 0.15) is 11.4 Å². The van der Waals surface area contributed by atoms with E-state index in [0.717, 1.165) is 11.1 Å². The van der Waals surface area contributed by atoms with E-state index in [4.69, 9.17) is 4.74 Å². The highest BCUT2D eigenvalue weighted by molar-refractivity contribution is 6.00. The number of ether oxygens (including phenoxy) is 1. The van der Waals surface area contributed by atoms with E-state index in [9.17, 15) is 9.59 Å². The number of rotatable bonds is 1. The number of fused-ring (bicyclic) bond motifs is 1. The van der Waals surface area contributed by atoms with E-state index in [-0.39, 0.29) is 11.7 Å². The van der Waals surface area contributed by atoms with Crippen LogP contribution in [-0.2, 0) is 0 Å². The molecule has 0 aromatic heterocycles. The molecule has 1 unspecified atom stereocenters. The zero-order valence-electron chi connectivity index (χ0n) is 14.5. The Hall–Kier alpha value is -2.62. The van der Waals surface area contributed by atoms with Crippen LogP contribution in [0.1, 0.15) is 44.7 Å². The van der Waals surface area contributed by atoms with Crippen molar-refractivity contribution in [3.63, 3.8) is 0 Å². The van der Waals surface area contributed by atoms with Gasteiger partial charge in [-0.15, -0.1) is 0 Å². The third-order valence-electron chi connectivity index (χ3n) is 5.07. The summed E-state index contributed by atoms with van der Waals surface area (Å²) in [5.74, 6) is 0.751. The Kier molecular flexibility index (Phi) is 3.64. The summed E-state index contributed by atoms with van der Waals surface area (Å²) in [5.41, 5.74) is 2.93. The van der Waals surface area contributed by atoms with Crippen LogP contribution in [0.5, 0.6) is 5.75 Å². The van der Waals surface area contributed by atoms with Crippen LogP contribution < -0.4 is 4.74 Å². The summed E-state index contributed by atoms with van der Waals surface area (Å²) in [7, 11) is 0. The van der Waals surface area contributed by atoms with Crippen LogP contribution in [0, 0.1) is 13.8 Å². The van der Waals surface area contributed by atoms with Crippen molar-refractivity contribution in [2.24, 2.45) is 0 Å². The molecule has 1 amide bonds. The third-order valence-corrected chi connectivity index (χ3v) is 5.07. The fourth-order valence-corrected chi connectivity index (χ4v) is 3.97. The lowest BCUT2D eigenvalue weighted by atomic mass is 9.89. The quantitative estimate of drug-likeness (QED) is 0.800. The highest BCUT2D eigenvalue weighted by Gasteiger charge is 2.47. The SMILES string of the molecule is Cc1cc(C)cc(C(=O)N2CCC3(CC(=O)c4ccccc4O3)C2)c1. The van der Waals surface area contributed by atoms with Crippen LogP contribution in [0.2, 0.25) is 0 Å². The standard InChI is InChI=1S/C21H21NO3/c1-14-9-15(2)11-16(10-14)20(24)22-8-7-21(13-22)12-18(23)17-5-3-4-6-19(17)25-21/h3-6,9-11H,7-8,12-13H2,1-2H3. The molecule has 1 atom stereocenters. The second-order valence-electron chi connectivity index (χ2n) is 7.23. The molecule has 4 rings (SSSR count). The van der Waals surface area contributed by atoms with Gasteiger partial charge in [0, 0.05) is 18.5 Å². The summed E-state index contributed by atoms with van der Waals surface area (Å²) in [6, 6.07) is 13.3. The largest absolute Gasteiger partial charge is 0.484 e. The smallest absolute Gasteiger partial charge is 0.254 e. The lowest BCUT2D eigenvalue weighted by molar-refractivity contribution is 0.0428. The highest BCUT2D eigenvalue weighted by atomic mass is 16.5. The zero-order chi connectivity index (χ0) is 17.6.